The highest BCUT2D eigenvalue weighted by molar-refractivity contribution is 5.93. The second-order valence-electron chi connectivity index (χ2n) is 4.24. The van der Waals surface area contributed by atoms with Crippen LogP contribution in [0, 0.1) is 0 Å². The fourth-order valence-corrected chi connectivity index (χ4v) is 1.90. The SMILES string of the molecule is CO/N=C\c1c(N)ncnc1Nc1ccc2[nH]ncc2c1. The Morgan fingerprint density at radius 1 is 1.38 bits per heavy atom. The van der Waals surface area contributed by atoms with Crippen molar-refractivity contribution < 1.29 is 4.84 Å². The minimum absolute atomic E-state index is 0.317. The first-order valence-electron chi connectivity index (χ1n) is 6.15. The second-order valence-corrected chi connectivity index (χ2v) is 4.24. The number of benzene rings is 1. The van der Waals surface area contributed by atoms with Gasteiger partial charge in [0.05, 0.1) is 23.5 Å². The van der Waals surface area contributed by atoms with Gasteiger partial charge in [0.25, 0.3) is 0 Å². The third-order valence-electron chi connectivity index (χ3n) is 2.90. The van der Waals surface area contributed by atoms with Crippen LogP contribution in [0.15, 0.2) is 35.9 Å². The van der Waals surface area contributed by atoms with Crippen LogP contribution in [-0.4, -0.2) is 33.5 Å². The molecule has 8 nitrogen and oxygen atoms in total. The number of nitrogens with one attached hydrogen (secondary N) is 2. The summed E-state index contributed by atoms with van der Waals surface area (Å²) in [4.78, 5) is 12.8. The van der Waals surface area contributed by atoms with Crippen molar-refractivity contribution in [3.63, 3.8) is 0 Å². The largest absolute Gasteiger partial charge is 0.399 e. The average Bonchev–Trinajstić information content (AvgIpc) is 2.94. The Bertz CT molecular complexity index is 796. The molecule has 0 aliphatic heterocycles. The van der Waals surface area contributed by atoms with E-state index >= 15 is 0 Å². The van der Waals surface area contributed by atoms with E-state index in [1.54, 1.807) is 6.20 Å². The smallest absolute Gasteiger partial charge is 0.144 e. The molecule has 106 valence electrons. The fourth-order valence-electron chi connectivity index (χ4n) is 1.90. The monoisotopic (exact) mass is 283 g/mol. The number of aromatic nitrogens is 4. The molecule has 3 rings (SSSR count). The van der Waals surface area contributed by atoms with Crippen molar-refractivity contribution in [1.29, 1.82) is 0 Å². The lowest BCUT2D eigenvalue weighted by Gasteiger charge is -2.09. The number of hydrogen-bond donors (Lipinski definition) is 3. The predicted octanol–water partition coefficient (Wildman–Crippen LogP) is 1.66. The Labute approximate surface area is 120 Å². The summed E-state index contributed by atoms with van der Waals surface area (Å²) < 4.78 is 0. The second kappa shape index (κ2) is 5.45. The summed E-state index contributed by atoms with van der Waals surface area (Å²) in [7, 11) is 1.45. The normalized spacial score (nSPS) is 11.1. The molecular formula is C13H13N7O. The van der Waals surface area contributed by atoms with Crippen molar-refractivity contribution in [3.05, 3.63) is 36.3 Å². The maximum atomic E-state index is 5.84. The zero-order valence-electron chi connectivity index (χ0n) is 11.2. The molecule has 21 heavy (non-hydrogen) atoms. The molecule has 2 aromatic heterocycles. The Hall–Kier alpha value is -3.16. The lowest BCUT2D eigenvalue weighted by atomic mass is 10.2. The van der Waals surface area contributed by atoms with Gasteiger partial charge in [0.1, 0.15) is 25.1 Å². The molecule has 0 aliphatic carbocycles. The average molecular weight is 283 g/mol. The minimum Gasteiger partial charge on any atom is -0.399 e. The highest BCUT2D eigenvalue weighted by atomic mass is 16.6. The summed E-state index contributed by atoms with van der Waals surface area (Å²) in [6, 6.07) is 5.79. The molecular weight excluding hydrogens is 270 g/mol. The number of nitrogens with zero attached hydrogens (tertiary/aromatic N) is 4. The summed E-state index contributed by atoms with van der Waals surface area (Å²) in [5.41, 5.74) is 8.22. The van der Waals surface area contributed by atoms with Crippen LogP contribution in [0.25, 0.3) is 10.9 Å². The molecule has 0 unspecified atom stereocenters. The highest BCUT2D eigenvalue weighted by Gasteiger charge is 2.08. The predicted molar refractivity (Wildman–Crippen MR) is 80.4 cm³/mol. The van der Waals surface area contributed by atoms with E-state index in [9.17, 15) is 0 Å². The number of fused-ring (bicyclic) bond motifs is 1. The van der Waals surface area contributed by atoms with Gasteiger partial charge in [-0.1, -0.05) is 5.16 Å². The van der Waals surface area contributed by atoms with E-state index in [2.05, 4.69) is 35.5 Å². The van der Waals surface area contributed by atoms with Crippen molar-refractivity contribution in [1.82, 2.24) is 20.2 Å². The lowest BCUT2D eigenvalue weighted by Crippen LogP contribution is -2.04. The van der Waals surface area contributed by atoms with Crippen molar-refractivity contribution >= 4 is 34.4 Å². The number of nitrogens with two attached hydrogens (primary N) is 1. The number of anilines is 3. The number of nitrogen functional groups attached to an aromatic ring is 1. The van der Waals surface area contributed by atoms with Crippen LogP contribution < -0.4 is 11.1 Å². The molecule has 0 aliphatic rings. The molecule has 0 fully saturated rings. The summed E-state index contributed by atoms with van der Waals surface area (Å²) >= 11 is 0. The van der Waals surface area contributed by atoms with Crippen LogP contribution in [0.2, 0.25) is 0 Å². The van der Waals surface area contributed by atoms with Crippen molar-refractivity contribution in [2.45, 2.75) is 0 Å². The van der Waals surface area contributed by atoms with E-state index in [4.69, 9.17) is 5.73 Å². The van der Waals surface area contributed by atoms with Crippen LogP contribution in [-0.2, 0) is 4.84 Å². The first-order chi connectivity index (χ1) is 10.3. The number of hydrogen-bond acceptors (Lipinski definition) is 7. The summed E-state index contributed by atoms with van der Waals surface area (Å²) in [5, 5.41) is 14.8. The van der Waals surface area contributed by atoms with Gasteiger partial charge >= 0.3 is 0 Å². The maximum Gasteiger partial charge on any atom is 0.144 e. The van der Waals surface area contributed by atoms with Gasteiger partial charge in [-0.25, -0.2) is 9.97 Å². The van der Waals surface area contributed by atoms with Gasteiger partial charge < -0.3 is 15.9 Å². The third kappa shape index (κ3) is 2.59. The van der Waals surface area contributed by atoms with E-state index in [0.717, 1.165) is 16.6 Å². The Morgan fingerprint density at radius 3 is 3.14 bits per heavy atom. The Kier molecular flexibility index (Phi) is 3.34. The van der Waals surface area contributed by atoms with Crippen LogP contribution in [0.1, 0.15) is 5.56 Å². The van der Waals surface area contributed by atoms with E-state index in [-0.39, 0.29) is 0 Å². The molecule has 0 saturated heterocycles. The molecule has 0 radical (unpaired) electrons. The third-order valence-corrected chi connectivity index (χ3v) is 2.90. The number of rotatable bonds is 4. The van der Waals surface area contributed by atoms with E-state index in [0.29, 0.717) is 17.2 Å². The molecule has 4 N–H and O–H groups in total. The number of aromatic amines is 1. The summed E-state index contributed by atoms with van der Waals surface area (Å²) in [6.45, 7) is 0. The molecule has 3 aromatic rings. The van der Waals surface area contributed by atoms with Crippen LogP contribution in [0.5, 0.6) is 0 Å². The molecule has 1 aromatic carbocycles. The number of oxime groups is 1. The molecule has 0 spiro atoms. The fraction of sp³-hybridized carbons (Fsp3) is 0.0769. The zero-order chi connectivity index (χ0) is 14.7. The summed E-state index contributed by atoms with van der Waals surface area (Å²) in [6.07, 6.45) is 4.61. The standard InChI is InChI=1S/C13H13N7O/c1-21-18-6-10-12(14)15-7-16-13(10)19-9-2-3-11-8(4-9)5-17-20-11/h2-7H,1H3,(H,17,20)(H3,14,15,16,19)/b18-6-. The van der Waals surface area contributed by atoms with Crippen LogP contribution >= 0.6 is 0 Å². The quantitative estimate of drug-likeness (QED) is 0.495. The van der Waals surface area contributed by atoms with E-state index in [1.807, 2.05) is 18.2 Å². The van der Waals surface area contributed by atoms with Gasteiger partial charge in [0.15, 0.2) is 0 Å². The van der Waals surface area contributed by atoms with E-state index < -0.39 is 0 Å². The van der Waals surface area contributed by atoms with Gasteiger partial charge in [0, 0.05) is 11.1 Å². The van der Waals surface area contributed by atoms with Gasteiger partial charge in [-0.2, -0.15) is 5.10 Å². The molecule has 0 bridgehead atoms. The molecule has 8 heteroatoms. The Morgan fingerprint density at radius 2 is 2.29 bits per heavy atom. The zero-order valence-corrected chi connectivity index (χ0v) is 11.2. The van der Waals surface area contributed by atoms with Crippen molar-refractivity contribution in [2.24, 2.45) is 5.16 Å². The molecule has 2 heterocycles. The number of H-pyrrole nitrogens is 1. The topological polar surface area (TPSA) is 114 Å². The molecule has 0 amide bonds. The molecule has 0 saturated carbocycles. The minimum atomic E-state index is 0.317. The van der Waals surface area contributed by atoms with Crippen molar-refractivity contribution in [3.8, 4) is 0 Å². The molecule has 0 atom stereocenters. The van der Waals surface area contributed by atoms with E-state index in [1.165, 1.54) is 19.7 Å². The first-order valence-corrected chi connectivity index (χ1v) is 6.15. The summed E-state index contributed by atoms with van der Waals surface area (Å²) in [5.74, 6) is 0.865. The van der Waals surface area contributed by atoms with Crippen LogP contribution in [0.4, 0.5) is 17.3 Å². The van der Waals surface area contributed by atoms with Gasteiger partial charge in [0.2, 0.25) is 0 Å². The first kappa shape index (κ1) is 12.9. The maximum absolute atomic E-state index is 5.84. The van der Waals surface area contributed by atoms with Gasteiger partial charge in [-0.15, -0.1) is 0 Å². The van der Waals surface area contributed by atoms with Gasteiger partial charge in [-0.3, -0.25) is 5.10 Å². The van der Waals surface area contributed by atoms with Gasteiger partial charge in [-0.05, 0) is 18.2 Å². The van der Waals surface area contributed by atoms with Crippen molar-refractivity contribution in [2.75, 3.05) is 18.2 Å². The lowest BCUT2D eigenvalue weighted by molar-refractivity contribution is 0.215. The highest BCUT2D eigenvalue weighted by Crippen LogP contribution is 2.23. The Balaban J connectivity index is 1.96. The van der Waals surface area contributed by atoms with Crippen LogP contribution in [0.3, 0.4) is 0 Å².